The van der Waals surface area contributed by atoms with Gasteiger partial charge in [-0.25, -0.2) is 9.97 Å². The molecule has 1 amide bonds. The molecule has 0 unspecified atom stereocenters. The summed E-state index contributed by atoms with van der Waals surface area (Å²) in [5, 5.41) is 2.85. The molecule has 0 atom stereocenters. The molecule has 1 N–H and O–H groups in total. The Hall–Kier alpha value is -3.01. The molecular formula is C19H17N3O. The van der Waals surface area contributed by atoms with Crippen LogP contribution in [0.15, 0.2) is 60.7 Å². The standard InChI is InChI=1S/C19H17N3O/c1-14-18(22-17-12-6-5-11-16(17)21-14)19(23)20-13-7-10-15-8-3-2-4-9-15/h2-12H,13H2,1H3,(H,20,23)/b10-7+. The summed E-state index contributed by atoms with van der Waals surface area (Å²) in [5.74, 6) is -0.210. The number of amides is 1. The third-order valence-corrected chi connectivity index (χ3v) is 3.45. The molecule has 0 spiro atoms. The molecule has 4 heteroatoms. The number of para-hydroxylation sites is 2. The normalized spacial score (nSPS) is 11.0. The van der Waals surface area contributed by atoms with Gasteiger partial charge in [0, 0.05) is 6.54 Å². The molecule has 114 valence electrons. The fraction of sp³-hybridized carbons (Fsp3) is 0.105. The van der Waals surface area contributed by atoms with Gasteiger partial charge >= 0.3 is 0 Å². The summed E-state index contributed by atoms with van der Waals surface area (Å²) >= 11 is 0. The van der Waals surface area contributed by atoms with Gasteiger partial charge in [0.05, 0.1) is 16.7 Å². The summed E-state index contributed by atoms with van der Waals surface area (Å²) < 4.78 is 0. The third-order valence-electron chi connectivity index (χ3n) is 3.45. The van der Waals surface area contributed by atoms with E-state index in [4.69, 9.17) is 0 Å². The van der Waals surface area contributed by atoms with Crippen LogP contribution in [0.25, 0.3) is 17.1 Å². The first kappa shape index (κ1) is 14.9. The molecule has 1 aromatic heterocycles. The number of benzene rings is 2. The minimum absolute atomic E-state index is 0.210. The second kappa shape index (κ2) is 6.83. The number of nitrogens with zero attached hydrogens (tertiary/aromatic N) is 2. The van der Waals surface area contributed by atoms with Gasteiger partial charge in [-0.3, -0.25) is 4.79 Å². The van der Waals surface area contributed by atoms with E-state index in [2.05, 4.69) is 15.3 Å². The van der Waals surface area contributed by atoms with Crippen LogP contribution in [0.2, 0.25) is 0 Å². The number of carbonyl (C=O) groups is 1. The number of nitrogens with one attached hydrogen (secondary N) is 1. The van der Waals surface area contributed by atoms with Crippen LogP contribution in [0, 0.1) is 6.92 Å². The zero-order chi connectivity index (χ0) is 16.1. The van der Waals surface area contributed by atoms with Crippen LogP contribution in [0.5, 0.6) is 0 Å². The lowest BCUT2D eigenvalue weighted by atomic mass is 10.2. The van der Waals surface area contributed by atoms with Crippen LogP contribution >= 0.6 is 0 Å². The van der Waals surface area contributed by atoms with Gasteiger partial charge in [0.25, 0.3) is 5.91 Å². The van der Waals surface area contributed by atoms with E-state index in [1.807, 2.05) is 66.7 Å². The van der Waals surface area contributed by atoms with Gasteiger partial charge in [-0.15, -0.1) is 0 Å². The topological polar surface area (TPSA) is 54.9 Å². The van der Waals surface area contributed by atoms with Gasteiger partial charge in [-0.1, -0.05) is 54.6 Å². The summed E-state index contributed by atoms with van der Waals surface area (Å²) in [5.41, 5.74) is 3.63. The fourth-order valence-corrected chi connectivity index (χ4v) is 2.30. The Labute approximate surface area is 134 Å². The number of aryl methyl sites for hydroxylation is 1. The van der Waals surface area contributed by atoms with Crippen LogP contribution in [-0.2, 0) is 0 Å². The zero-order valence-electron chi connectivity index (χ0n) is 12.9. The minimum Gasteiger partial charge on any atom is -0.347 e. The summed E-state index contributed by atoms with van der Waals surface area (Å²) in [6.45, 7) is 2.25. The number of fused-ring (bicyclic) bond motifs is 1. The quantitative estimate of drug-likeness (QED) is 0.804. The van der Waals surface area contributed by atoms with Crippen molar-refractivity contribution in [1.29, 1.82) is 0 Å². The largest absolute Gasteiger partial charge is 0.347 e. The number of carbonyl (C=O) groups excluding carboxylic acids is 1. The predicted octanol–water partition coefficient (Wildman–Crippen LogP) is 3.38. The molecule has 0 aliphatic rings. The molecule has 1 heterocycles. The Balaban J connectivity index is 1.69. The lowest BCUT2D eigenvalue weighted by Crippen LogP contribution is -2.25. The summed E-state index contributed by atoms with van der Waals surface area (Å²) in [7, 11) is 0. The highest BCUT2D eigenvalue weighted by molar-refractivity contribution is 5.95. The van der Waals surface area contributed by atoms with Crippen molar-refractivity contribution in [2.45, 2.75) is 6.92 Å². The number of hydrogen-bond acceptors (Lipinski definition) is 3. The van der Waals surface area contributed by atoms with E-state index in [0.29, 0.717) is 17.9 Å². The summed E-state index contributed by atoms with van der Waals surface area (Å²) in [6, 6.07) is 17.5. The molecule has 3 aromatic rings. The van der Waals surface area contributed by atoms with Gasteiger partial charge in [0.2, 0.25) is 0 Å². The van der Waals surface area contributed by atoms with Crippen molar-refractivity contribution in [3.05, 3.63) is 77.6 Å². The molecule has 0 radical (unpaired) electrons. The van der Waals surface area contributed by atoms with Gasteiger partial charge in [0.1, 0.15) is 5.69 Å². The highest BCUT2D eigenvalue weighted by atomic mass is 16.1. The highest BCUT2D eigenvalue weighted by Crippen LogP contribution is 2.12. The molecule has 0 saturated carbocycles. The first-order valence-corrected chi connectivity index (χ1v) is 7.47. The number of aromatic nitrogens is 2. The fourth-order valence-electron chi connectivity index (χ4n) is 2.30. The maximum atomic E-state index is 12.3. The van der Waals surface area contributed by atoms with Crippen molar-refractivity contribution in [2.24, 2.45) is 0 Å². The van der Waals surface area contributed by atoms with Crippen LogP contribution in [0.4, 0.5) is 0 Å². The lowest BCUT2D eigenvalue weighted by Gasteiger charge is -2.06. The third kappa shape index (κ3) is 3.61. The Morgan fingerprint density at radius 3 is 2.39 bits per heavy atom. The van der Waals surface area contributed by atoms with Crippen molar-refractivity contribution < 1.29 is 4.79 Å². The Kier molecular flexibility index (Phi) is 4.43. The second-order valence-electron chi connectivity index (χ2n) is 5.17. The minimum atomic E-state index is -0.210. The number of hydrogen-bond donors (Lipinski definition) is 1. The Morgan fingerprint density at radius 1 is 1.00 bits per heavy atom. The van der Waals surface area contributed by atoms with E-state index in [-0.39, 0.29) is 5.91 Å². The van der Waals surface area contributed by atoms with Gasteiger partial charge in [-0.2, -0.15) is 0 Å². The van der Waals surface area contributed by atoms with Crippen molar-refractivity contribution >= 4 is 23.0 Å². The van der Waals surface area contributed by atoms with Crippen molar-refractivity contribution in [3.8, 4) is 0 Å². The average Bonchev–Trinajstić information content (AvgIpc) is 2.59. The Bertz CT molecular complexity index is 857. The molecule has 0 aliphatic heterocycles. The zero-order valence-corrected chi connectivity index (χ0v) is 12.9. The second-order valence-corrected chi connectivity index (χ2v) is 5.17. The number of rotatable bonds is 4. The van der Waals surface area contributed by atoms with Crippen LogP contribution in [0.3, 0.4) is 0 Å². The van der Waals surface area contributed by atoms with E-state index >= 15 is 0 Å². The van der Waals surface area contributed by atoms with E-state index in [9.17, 15) is 4.79 Å². The first-order chi connectivity index (χ1) is 11.2. The van der Waals surface area contributed by atoms with Crippen molar-refractivity contribution in [3.63, 3.8) is 0 Å². The molecule has 3 rings (SSSR count). The average molecular weight is 303 g/mol. The van der Waals surface area contributed by atoms with Crippen LogP contribution in [-0.4, -0.2) is 22.4 Å². The predicted molar refractivity (Wildman–Crippen MR) is 92.1 cm³/mol. The molecule has 4 nitrogen and oxygen atoms in total. The van der Waals surface area contributed by atoms with E-state index in [1.165, 1.54) is 0 Å². The first-order valence-electron chi connectivity index (χ1n) is 7.47. The highest BCUT2D eigenvalue weighted by Gasteiger charge is 2.12. The van der Waals surface area contributed by atoms with Gasteiger partial charge < -0.3 is 5.32 Å². The smallest absolute Gasteiger partial charge is 0.272 e. The molecule has 0 bridgehead atoms. The summed E-state index contributed by atoms with van der Waals surface area (Å²) in [6.07, 6.45) is 3.89. The molecule has 0 saturated heterocycles. The monoisotopic (exact) mass is 303 g/mol. The van der Waals surface area contributed by atoms with Crippen molar-refractivity contribution in [1.82, 2.24) is 15.3 Å². The van der Waals surface area contributed by atoms with Gasteiger partial charge in [0.15, 0.2) is 0 Å². The van der Waals surface area contributed by atoms with Crippen molar-refractivity contribution in [2.75, 3.05) is 6.54 Å². The molecule has 2 aromatic carbocycles. The molecule has 23 heavy (non-hydrogen) atoms. The molecule has 0 aliphatic carbocycles. The molecule has 0 fully saturated rings. The lowest BCUT2D eigenvalue weighted by molar-refractivity contribution is 0.0952. The van der Waals surface area contributed by atoms with Gasteiger partial charge in [-0.05, 0) is 24.6 Å². The van der Waals surface area contributed by atoms with Crippen LogP contribution in [0.1, 0.15) is 21.7 Å². The summed E-state index contributed by atoms with van der Waals surface area (Å²) in [4.78, 5) is 21.1. The maximum Gasteiger partial charge on any atom is 0.272 e. The van der Waals surface area contributed by atoms with E-state index in [1.54, 1.807) is 6.92 Å². The maximum absolute atomic E-state index is 12.3. The van der Waals surface area contributed by atoms with E-state index in [0.717, 1.165) is 16.6 Å². The SMILES string of the molecule is Cc1nc2ccccc2nc1C(=O)NC/C=C/c1ccccc1. The van der Waals surface area contributed by atoms with Crippen LogP contribution < -0.4 is 5.32 Å². The van der Waals surface area contributed by atoms with E-state index < -0.39 is 0 Å². The Morgan fingerprint density at radius 2 is 1.65 bits per heavy atom. The molecular weight excluding hydrogens is 286 g/mol.